The Hall–Kier alpha value is -6.06. The second-order valence-electron chi connectivity index (χ2n) is 15.1. The molecule has 0 bridgehead atoms. The van der Waals surface area contributed by atoms with Gasteiger partial charge in [0, 0.05) is 34.0 Å². The molecule has 3 nitrogen and oxygen atoms in total. The van der Waals surface area contributed by atoms with E-state index in [0.29, 0.717) is 11.8 Å². The van der Waals surface area contributed by atoms with E-state index < -0.39 is 0 Å². The molecule has 0 radical (unpaired) electrons. The fraction of sp³-hybridized carbons (Fsp3) is 0.160. The van der Waals surface area contributed by atoms with E-state index in [1.807, 2.05) is 12.3 Å². The van der Waals surface area contributed by atoms with Crippen molar-refractivity contribution < 1.29 is 4.42 Å². The summed E-state index contributed by atoms with van der Waals surface area (Å²) in [6.45, 7) is 2.35. The van der Waals surface area contributed by atoms with Crippen LogP contribution in [0.4, 0.5) is 0 Å². The average molecular weight is 683 g/mol. The van der Waals surface area contributed by atoms with Crippen molar-refractivity contribution in [2.45, 2.75) is 37.6 Å². The molecule has 4 unspecified atom stereocenters. The Labute approximate surface area is 308 Å². The second kappa shape index (κ2) is 11.7. The van der Waals surface area contributed by atoms with Gasteiger partial charge in [0.15, 0.2) is 0 Å². The van der Waals surface area contributed by atoms with Crippen molar-refractivity contribution in [3.8, 4) is 11.1 Å². The highest BCUT2D eigenvalue weighted by Gasteiger charge is 2.58. The highest BCUT2D eigenvalue weighted by Crippen LogP contribution is 2.62. The maximum Gasteiger partial charge on any atom is 0.135 e. The Morgan fingerprint density at radius 3 is 2.26 bits per heavy atom. The Balaban J connectivity index is 1.08. The van der Waals surface area contributed by atoms with Crippen molar-refractivity contribution in [2.24, 2.45) is 16.8 Å². The number of rotatable bonds is 5. The molecule has 1 aliphatic heterocycles. The smallest absolute Gasteiger partial charge is 0.135 e. The summed E-state index contributed by atoms with van der Waals surface area (Å²) in [5.41, 5.74) is 10.3. The van der Waals surface area contributed by atoms with Gasteiger partial charge in [0.2, 0.25) is 0 Å². The van der Waals surface area contributed by atoms with E-state index in [4.69, 9.17) is 14.4 Å². The third-order valence-electron chi connectivity index (χ3n) is 12.4. The summed E-state index contributed by atoms with van der Waals surface area (Å²) in [7, 11) is 0. The second-order valence-corrected chi connectivity index (χ2v) is 15.1. The Bertz CT molecular complexity index is 2890. The highest BCUT2D eigenvalue weighted by atomic mass is 16.3. The van der Waals surface area contributed by atoms with Crippen LogP contribution in [0.5, 0.6) is 0 Å². The van der Waals surface area contributed by atoms with E-state index in [0.717, 1.165) is 35.9 Å². The van der Waals surface area contributed by atoms with Gasteiger partial charge < -0.3 is 4.42 Å². The number of aromatic nitrogens is 1. The predicted octanol–water partition coefficient (Wildman–Crippen LogP) is 13.0. The molecule has 0 amide bonds. The molecule has 1 fully saturated rings. The predicted molar refractivity (Wildman–Crippen MR) is 220 cm³/mol. The van der Waals surface area contributed by atoms with Crippen molar-refractivity contribution in [1.29, 1.82) is 0 Å². The summed E-state index contributed by atoms with van der Waals surface area (Å²) in [6, 6.07) is 55.3. The zero-order valence-corrected chi connectivity index (χ0v) is 29.7. The van der Waals surface area contributed by atoms with Crippen LogP contribution in [0.25, 0.3) is 65.5 Å². The van der Waals surface area contributed by atoms with Crippen LogP contribution < -0.4 is 0 Å². The molecular weight excluding hydrogens is 645 g/mol. The first-order chi connectivity index (χ1) is 26.2. The molecule has 7 aromatic carbocycles. The first kappa shape index (κ1) is 30.6. The lowest BCUT2D eigenvalue weighted by Gasteiger charge is -2.28. The maximum absolute atomic E-state index is 6.42. The number of pyridine rings is 1. The molecule has 0 N–H and O–H groups in total. The van der Waals surface area contributed by atoms with Crippen LogP contribution in [-0.4, -0.2) is 10.7 Å². The topological polar surface area (TPSA) is 38.4 Å². The number of hydrogen-bond donors (Lipinski definition) is 0. The van der Waals surface area contributed by atoms with Crippen LogP contribution in [0.2, 0.25) is 0 Å². The van der Waals surface area contributed by atoms with E-state index >= 15 is 0 Å². The van der Waals surface area contributed by atoms with Crippen LogP contribution in [0.15, 0.2) is 167 Å². The molecule has 11 rings (SSSR count). The molecule has 1 saturated carbocycles. The van der Waals surface area contributed by atoms with Crippen molar-refractivity contribution in [2.75, 3.05) is 0 Å². The standard InChI is InChI=1S/C50H38N2O/c1-2-36-43(38-17-10-20-46-48(38)41-16-8-9-19-45(41)53-46)28-35-30-50(35,34-13-4-3-5-14-34)52-49(36)33-23-21-32(22-24-33)42-29-44-40(18-11-27-51-44)47-37-15-7-6-12-31(37)25-26-39(42)47/h3-27,29,35-36,43H,2,28,30H2,1H3. The maximum atomic E-state index is 6.42. The fourth-order valence-corrected chi connectivity index (χ4v) is 9.85. The number of para-hydroxylation sites is 1. The zero-order valence-electron chi connectivity index (χ0n) is 29.7. The third kappa shape index (κ3) is 4.66. The number of hydrogen-bond acceptors (Lipinski definition) is 3. The van der Waals surface area contributed by atoms with Crippen molar-refractivity contribution in [1.82, 2.24) is 4.98 Å². The van der Waals surface area contributed by atoms with Gasteiger partial charge in [-0.1, -0.05) is 134 Å². The van der Waals surface area contributed by atoms with Gasteiger partial charge in [0.1, 0.15) is 11.2 Å². The molecule has 9 aromatic rings. The van der Waals surface area contributed by atoms with Gasteiger partial charge in [-0.25, -0.2) is 0 Å². The van der Waals surface area contributed by atoms with Gasteiger partial charge in [-0.2, -0.15) is 0 Å². The highest BCUT2D eigenvalue weighted by molar-refractivity contribution is 6.23. The van der Waals surface area contributed by atoms with Gasteiger partial charge in [0.25, 0.3) is 0 Å². The Kier molecular flexibility index (Phi) is 6.76. The number of fused-ring (bicyclic) bond motifs is 9. The molecule has 0 spiro atoms. The number of benzene rings is 7. The van der Waals surface area contributed by atoms with E-state index in [-0.39, 0.29) is 11.5 Å². The minimum absolute atomic E-state index is 0.189. The molecule has 3 heterocycles. The summed E-state index contributed by atoms with van der Waals surface area (Å²) in [6.07, 6.45) is 5.08. The molecule has 0 saturated heterocycles. The number of furan rings is 1. The summed E-state index contributed by atoms with van der Waals surface area (Å²) in [5.74, 6) is 1.05. The number of aliphatic imine (C=N–C) groups is 1. The molecule has 254 valence electrons. The quantitative estimate of drug-likeness (QED) is 0.170. The summed E-state index contributed by atoms with van der Waals surface area (Å²) in [4.78, 5) is 10.7. The van der Waals surface area contributed by atoms with Crippen LogP contribution >= 0.6 is 0 Å². The Morgan fingerprint density at radius 1 is 0.642 bits per heavy atom. The first-order valence-corrected chi connectivity index (χ1v) is 19.1. The molecule has 2 aromatic heterocycles. The minimum atomic E-state index is -0.189. The third-order valence-corrected chi connectivity index (χ3v) is 12.4. The Morgan fingerprint density at radius 2 is 1.40 bits per heavy atom. The lowest BCUT2D eigenvalue weighted by molar-refractivity contribution is 0.464. The van der Waals surface area contributed by atoms with Crippen molar-refractivity contribution in [3.05, 3.63) is 175 Å². The lowest BCUT2D eigenvalue weighted by Crippen LogP contribution is -2.23. The molecule has 3 heteroatoms. The van der Waals surface area contributed by atoms with Crippen molar-refractivity contribution in [3.63, 3.8) is 0 Å². The average Bonchev–Trinajstić information content (AvgIpc) is 3.82. The molecule has 1 aliphatic carbocycles. The van der Waals surface area contributed by atoms with Crippen LogP contribution in [-0.2, 0) is 5.54 Å². The largest absolute Gasteiger partial charge is 0.456 e. The normalized spacial score (nSPS) is 21.2. The first-order valence-electron chi connectivity index (χ1n) is 19.1. The van der Waals surface area contributed by atoms with E-state index in [1.165, 1.54) is 71.2 Å². The lowest BCUT2D eigenvalue weighted by atomic mass is 9.75. The van der Waals surface area contributed by atoms with Crippen LogP contribution in [0.1, 0.15) is 48.8 Å². The molecule has 4 atom stereocenters. The van der Waals surface area contributed by atoms with Crippen LogP contribution in [0, 0.1) is 11.8 Å². The van der Waals surface area contributed by atoms with E-state index in [1.54, 1.807) is 0 Å². The van der Waals surface area contributed by atoms with Crippen LogP contribution in [0.3, 0.4) is 0 Å². The number of nitrogens with zero attached hydrogens (tertiary/aromatic N) is 2. The fourth-order valence-electron chi connectivity index (χ4n) is 9.85. The summed E-state index contributed by atoms with van der Waals surface area (Å²) >= 11 is 0. The van der Waals surface area contributed by atoms with Gasteiger partial charge >= 0.3 is 0 Å². The van der Waals surface area contributed by atoms with Gasteiger partial charge in [-0.3, -0.25) is 9.98 Å². The van der Waals surface area contributed by atoms with Gasteiger partial charge in [0.05, 0.1) is 11.1 Å². The molecule has 53 heavy (non-hydrogen) atoms. The minimum Gasteiger partial charge on any atom is -0.456 e. The summed E-state index contributed by atoms with van der Waals surface area (Å²) in [5, 5.41) is 8.68. The van der Waals surface area contributed by atoms with Crippen molar-refractivity contribution >= 4 is 60.1 Å². The summed E-state index contributed by atoms with van der Waals surface area (Å²) < 4.78 is 6.42. The SMILES string of the molecule is CCC1C(c2ccc(-c3cc4ncccc4c4c3ccc3ccccc34)cc2)=NC2(c3ccccc3)CC2CC1c1cccc2oc3ccccc3c12. The van der Waals surface area contributed by atoms with E-state index in [9.17, 15) is 0 Å². The zero-order chi connectivity index (χ0) is 35.1. The van der Waals surface area contributed by atoms with Gasteiger partial charge in [-0.15, -0.1) is 0 Å². The van der Waals surface area contributed by atoms with E-state index in [2.05, 4.69) is 153 Å². The monoisotopic (exact) mass is 682 g/mol. The molecule has 2 aliphatic rings. The van der Waals surface area contributed by atoms with Gasteiger partial charge in [-0.05, 0) is 105 Å². The molecular formula is C50H38N2O.